The third kappa shape index (κ3) is 5.47. The van der Waals surface area contributed by atoms with Crippen LogP contribution in [0.2, 0.25) is 0 Å². The highest BCUT2D eigenvalue weighted by Crippen LogP contribution is 2.27. The van der Waals surface area contributed by atoms with E-state index in [0.717, 1.165) is 45.8 Å². The van der Waals surface area contributed by atoms with Gasteiger partial charge in [0, 0.05) is 39.1 Å². The first kappa shape index (κ1) is 19.2. The van der Waals surface area contributed by atoms with Gasteiger partial charge in [-0.25, -0.2) is 0 Å². The molecule has 2 saturated heterocycles. The van der Waals surface area contributed by atoms with E-state index >= 15 is 0 Å². The van der Waals surface area contributed by atoms with Gasteiger partial charge in [0.1, 0.15) is 0 Å². The summed E-state index contributed by atoms with van der Waals surface area (Å²) >= 11 is 0. The maximum Gasteiger partial charge on any atom is 0.223 e. The maximum atomic E-state index is 12.3. The fourth-order valence-corrected chi connectivity index (χ4v) is 3.76. The lowest BCUT2D eigenvalue weighted by Gasteiger charge is -2.28. The van der Waals surface area contributed by atoms with Crippen LogP contribution < -0.4 is 5.32 Å². The molecule has 1 N–H and O–H groups in total. The SMILES string of the molecule is Cl.O=C(CCN1CCCC(c2ccccc2)CC1)N1CCNCC1. The number of nitrogens with zero attached hydrogens (tertiary/aromatic N) is 2. The zero-order chi connectivity index (χ0) is 15.9. The van der Waals surface area contributed by atoms with Crippen LogP contribution in [0, 0.1) is 0 Å². The summed E-state index contributed by atoms with van der Waals surface area (Å²) in [5.41, 5.74) is 1.48. The van der Waals surface area contributed by atoms with E-state index in [9.17, 15) is 4.79 Å². The summed E-state index contributed by atoms with van der Waals surface area (Å²) in [4.78, 5) is 16.8. The normalized spacial score (nSPS) is 22.5. The smallest absolute Gasteiger partial charge is 0.223 e. The number of rotatable bonds is 4. The summed E-state index contributed by atoms with van der Waals surface area (Å²) in [6, 6.07) is 10.9. The quantitative estimate of drug-likeness (QED) is 0.905. The Kier molecular flexibility index (Phi) is 8.03. The van der Waals surface area contributed by atoms with E-state index in [1.807, 2.05) is 4.90 Å². The molecule has 0 aromatic heterocycles. The zero-order valence-corrected chi connectivity index (χ0v) is 15.3. The van der Waals surface area contributed by atoms with E-state index in [-0.39, 0.29) is 12.4 Å². The third-order valence-electron chi connectivity index (χ3n) is 5.20. The average Bonchev–Trinajstić information content (AvgIpc) is 2.87. The molecule has 0 spiro atoms. The van der Waals surface area contributed by atoms with Crippen molar-refractivity contribution < 1.29 is 4.79 Å². The summed E-state index contributed by atoms with van der Waals surface area (Å²) < 4.78 is 0. The van der Waals surface area contributed by atoms with Gasteiger partial charge in [0.2, 0.25) is 5.91 Å². The average molecular weight is 352 g/mol. The second-order valence-corrected chi connectivity index (χ2v) is 6.76. The fraction of sp³-hybridized carbons (Fsp3) is 0.632. The van der Waals surface area contributed by atoms with Crippen LogP contribution in [0.3, 0.4) is 0 Å². The highest BCUT2D eigenvalue weighted by atomic mass is 35.5. The Balaban J connectivity index is 0.00000208. The maximum absolute atomic E-state index is 12.3. The number of piperazine rings is 1. The molecule has 2 fully saturated rings. The molecule has 1 amide bonds. The molecule has 2 aliphatic rings. The largest absolute Gasteiger partial charge is 0.340 e. The Morgan fingerprint density at radius 1 is 1.04 bits per heavy atom. The van der Waals surface area contributed by atoms with E-state index in [4.69, 9.17) is 0 Å². The summed E-state index contributed by atoms with van der Waals surface area (Å²) in [6.07, 6.45) is 4.40. The lowest BCUT2D eigenvalue weighted by molar-refractivity contribution is -0.132. The molecule has 1 atom stereocenters. The number of halogens is 1. The highest BCUT2D eigenvalue weighted by molar-refractivity contribution is 5.85. The van der Waals surface area contributed by atoms with Crippen molar-refractivity contribution in [1.29, 1.82) is 0 Å². The van der Waals surface area contributed by atoms with Crippen LogP contribution in [0.5, 0.6) is 0 Å². The van der Waals surface area contributed by atoms with Gasteiger partial charge in [-0.1, -0.05) is 30.3 Å². The van der Waals surface area contributed by atoms with Crippen molar-refractivity contribution in [2.45, 2.75) is 31.6 Å². The molecule has 4 nitrogen and oxygen atoms in total. The minimum absolute atomic E-state index is 0. The Morgan fingerprint density at radius 3 is 2.54 bits per heavy atom. The van der Waals surface area contributed by atoms with Crippen LogP contribution in [0.15, 0.2) is 30.3 Å². The topological polar surface area (TPSA) is 35.6 Å². The monoisotopic (exact) mass is 351 g/mol. The Bertz CT molecular complexity index is 491. The standard InChI is InChI=1S/C19H29N3O.ClH/c23-19(22-15-10-20-11-16-22)9-14-21-12-4-7-18(8-13-21)17-5-2-1-3-6-17;/h1-3,5-6,18,20H,4,7-16H2;1H. The van der Waals surface area contributed by atoms with Gasteiger partial charge in [-0.3, -0.25) is 4.79 Å². The van der Waals surface area contributed by atoms with Gasteiger partial charge in [0.25, 0.3) is 0 Å². The number of benzene rings is 1. The van der Waals surface area contributed by atoms with E-state index < -0.39 is 0 Å². The van der Waals surface area contributed by atoms with Gasteiger partial charge in [0.15, 0.2) is 0 Å². The van der Waals surface area contributed by atoms with Crippen molar-refractivity contribution in [3.63, 3.8) is 0 Å². The van der Waals surface area contributed by atoms with E-state index in [2.05, 4.69) is 40.5 Å². The Hall–Kier alpha value is -1.10. The molecule has 1 aromatic rings. The second-order valence-electron chi connectivity index (χ2n) is 6.76. The zero-order valence-electron chi connectivity index (χ0n) is 14.5. The minimum Gasteiger partial charge on any atom is -0.340 e. The van der Waals surface area contributed by atoms with Crippen LogP contribution in [0.25, 0.3) is 0 Å². The molecule has 134 valence electrons. The van der Waals surface area contributed by atoms with Crippen LogP contribution in [-0.2, 0) is 4.79 Å². The molecule has 5 heteroatoms. The lowest BCUT2D eigenvalue weighted by atomic mass is 9.92. The predicted octanol–water partition coefficient (Wildman–Crippen LogP) is 2.50. The number of nitrogens with one attached hydrogen (secondary N) is 1. The minimum atomic E-state index is 0. The molecule has 0 aliphatic carbocycles. The summed E-state index contributed by atoms with van der Waals surface area (Å²) in [5, 5.41) is 3.30. The molecule has 24 heavy (non-hydrogen) atoms. The first-order valence-electron chi connectivity index (χ1n) is 9.09. The molecule has 2 heterocycles. The van der Waals surface area contributed by atoms with E-state index in [1.165, 1.54) is 24.8 Å². The molecular weight excluding hydrogens is 322 g/mol. The van der Waals surface area contributed by atoms with Gasteiger partial charge in [-0.2, -0.15) is 0 Å². The molecule has 2 aliphatic heterocycles. The van der Waals surface area contributed by atoms with Crippen molar-refractivity contribution in [2.24, 2.45) is 0 Å². The van der Waals surface area contributed by atoms with Crippen LogP contribution in [0.1, 0.15) is 37.2 Å². The van der Waals surface area contributed by atoms with Crippen LogP contribution in [0.4, 0.5) is 0 Å². The predicted molar refractivity (Wildman–Crippen MR) is 101 cm³/mol. The number of carbonyl (C=O) groups excluding carboxylic acids is 1. The number of carbonyl (C=O) groups is 1. The number of amides is 1. The molecule has 0 radical (unpaired) electrons. The van der Waals surface area contributed by atoms with Crippen molar-refractivity contribution in [1.82, 2.24) is 15.1 Å². The first-order valence-corrected chi connectivity index (χ1v) is 9.09. The molecule has 3 rings (SSSR count). The highest BCUT2D eigenvalue weighted by Gasteiger charge is 2.20. The second kappa shape index (κ2) is 10.0. The number of hydrogen-bond acceptors (Lipinski definition) is 3. The van der Waals surface area contributed by atoms with Gasteiger partial charge in [-0.05, 0) is 43.8 Å². The van der Waals surface area contributed by atoms with Gasteiger partial charge < -0.3 is 15.1 Å². The van der Waals surface area contributed by atoms with Crippen molar-refractivity contribution in [3.8, 4) is 0 Å². The van der Waals surface area contributed by atoms with Crippen molar-refractivity contribution in [2.75, 3.05) is 45.8 Å². The summed E-state index contributed by atoms with van der Waals surface area (Å²) in [6.45, 7) is 6.79. The Morgan fingerprint density at radius 2 is 1.79 bits per heavy atom. The first-order chi connectivity index (χ1) is 11.3. The Labute approximate surface area is 152 Å². The molecule has 1 unspecified atom stereocenters. The van der Waals surface area contributed by atoms with Crippen molar-refractivity contribution >= 4 is 18.3 Å². The van der Waals surface area contributed by atoms with Crippen LogP contribution >= 0.6 is 12.4 Å². The van der Waals surface area contributed by atoms with Gasteiger partial charge >= 0.3 is 0 Å². The summed E-state index contributed by atoms with van der Waals surface area (Å²) in [5.74, 6) is 1.01. The summed E-state index contributed by atoms with van der Waals surface area (Å²) in [7, 11) is 0. The van der Waals surface area contributed by atoms with Crippen LogP contribution in [-0.4, -0.2) is 61.5 Å². The van der Waals surface area contributed by atoms with Crippen molar-refractivity contribution in [3.05, 3.63) is 35.9 Å². The van der Waals surface area contributed by atoms with Gasteiger partial charge in [-0.15, -0.1) is 12.4 Å². The molecular formula is C19H30ClN3O. The third-order valence-corrected chi connectivity index (χ3v) is 5.20. The molecule has 0 bridgehead atoms. The number of likely N-dealkylation sites (tertiary alicyclic amines) is 1. The molecule has 1 aromatic carbocycles. The van der Waals surface area contributed by atoms with Gasteiger partial charge in [0.05, 0.1) is 0 Å². The van der Waals surface area contributed by atoms with E-state index in [0.29, 0.717) is 18.2 Å². The fourth-order valence-electron chi connectivity index (χ4n) is 3.76. The van der Waals surface area contributed by atoms with E-state index in [1.54, 1.807) is 0 Å². The lowest BCUT2D eigenvalue weighted by Crippen LogP contribution is -2.47. The molecule has 0 saturated carbocycles. The number of hydrogen-bond donors (Lipinski definition) is 1.